The second kappa shape index (κ2) is 5.84. The van der Waals surface area contributed by atoms with E-state index in [1.807, 2.05) is 26.0 Å². The molecule has 0 aromatic heterocycles. The maximum atomic E-state index is 11.9. The lowest BCUT2D eigenvalue weighted by atomic mass is 10.2. The summed E-state index contributed by atoms with van der Waals surface area (Å²) in [6.45, 7) is 3.66. The average molecular weight is 321 g/mol. The quantitative estimate of drug-likeness (QED) is 0.848. The van der Waals surface area contributed by atoms with Crippen LogP contribution in [0.4, 0.5) is 5.69 Å². The summed E-state index contributed by atoms with van der Waals surface area (Å²) in [5, 5.41) is 0.697. The molecule has 1 aromatic rings. The van der Waals surface area contributed by atoms with Crippen molar-refractivity contribution in [3.8, 4) is 0 Å². The molecule has 6 heteroatoms. The predicted octanol–water partition coefficient (Wildman–Crippen LogP) is 2.58. The summed E-state index contributed by atoms with van der Waals surface area (Å²) in [6.07, 6.45) is 0. The summed E-state index contributed by atoms with van der Waals surface area (Å²) in [4.78, 5) is 0. The number of benzene rings is 1. The Kier molecular flexibility index (Phi) is 4.97. The first kappa shape index (κ1) is 14.5. The van der Waals surface area contributed by atoms with Crippen LogP contribution in [0.2, 0.25) is 0 Å². The Morgan fingerprint density at radius 2 is 2.06 bits per heavy atom. The molecule has 0 heterocycles. The first-order valence-corrected chi connectivity index (χ1v) is 7.83. The SMILES string of the molecule is CC(C)N(C)S(=O)(=O)Nc1cccc(CBr)c1. The normalized spacial score (nSPS) is 12.1. The van der Waals surface area contributed by atoms with Gasteiger partial charge in [0.15, 0.2) is 0 Å². The molecule has 0 aliphatic rings. The largest absolute Gasteiger partial charge is 0.301 e. The topological polar surface area (TPSA) is 49.4 Å². The van der Waals surface area contributed by atoms with E-state index in [2.05, 4.69) is 20.7 Å². The molecule has 1 aromatic carbocycles. The van der Waals surface area contributed by atoms with Crippen molar-refractivity contribution < 1.29 is 8.42 Å². The van der Waals surface area contributed by atoms with Gasteiger partial charge in [0.25, 0.3) is 0 Å². The summed E-state index contributed by atoms with van der Waals surface area (Å²) in [6, 6.07) is 7.22. The molecule has 0 atom stereocenters. The van der Waals surface area contributed by atoms with Crippen LogP contribution in [0.1, 0.15) is 19.4 Å². The highest BCUT2D eigenvalue weighted by Crippen LogP contribution is 2.16. The van der Waals surface area contributed by atoms with Gasteiger partial charge in [-0.05, 0) is 31.5 Å². The number of halogens is 1. The van der Waals surface area contributed by atoms with E-state index in [9.17, 15) is 8.42 Å². The molecule has 96 valence electrons. The Labute approximate surface area is 111 Å². The van der Waals surface area contributed by atoms with Crippen molar-refractivity contribution in [2.24, 2.45) is 0 Å². The molecule has 1 N–H and O–H groups in total. The predicted molar refractivity (Wildman–Crippen MR) is 74.5 cm³/mol. The van der Waals surface area contributed by atoms with Crippen LogP contribution in [0.15, 0.2) is 24.3 Å². The average Bonchev–Trinajstić information content (AvgIpc) is 2.27. The van der Waals surface area contributed by atoms with Crippen LogP contribution in [0.3, 0.4) is 0 Å². The van der Waals surface area contributed by atoms with E-state index in [1.54, 1.807) is 19.2 Å². The number of rotatable bonds is 5. The molecule has 0 fully saturated rings. The zero-order valence-corrected chi connectivity index (χ0v) is 12.5. The van der Waals surface area contributed by atoms with Gasteiger partial charge in [0, 0.05) is 18.4 Å². The van der Waals surface area contributed by atoms with Crippen LogP contribution in [0.5, 0.6) is 0 Å². The number of nitrogens with zero attached hydrogens (tertiary/aromatic N) is 1. The van der Waals surface area contributed by atoms with Gasteiger partial charge in [0.05, 0.1) is 5.69 Å². The Morgan fingerprint density at radius 1 is 1.41 bits per heavy atom. The lowest BCUT2D eigenvalue weighted by Gasteiger charge is -2.21. The number of nitrogens with one attached hydrogen (secondary N) is 1. The molecule has 0 amide bonds. The third kappa shape index (κ3) is 3.97. The van der Waals surface area contributed by atoms with E-state index in [0.29, 0.717) is 11.0 Å². The van der Waals surface area contributed by atoms with Crippen LogP contribution in [0.25, 0.3) is 0 Å². The monoisotopic (exact) mass is 320 g/mol. The smallest absolute Gasteiger partial charge is 0.271 e. The summed E-state index contributed by atoms with van der Waals surface area (Å²) in [5.74, 6) is 0. The van der Waals surface area contributed by atoms with Crippen molar-refractivity contribution in [2.45, 2.75) is 25.2 Å². The molecule has 0 spiro atoms. The lowest BCUT2D eigenvalue weighted by molar-refractivity contribution is 0.414. The summed E-state index contributed by atoms with van der Waals surface area (Å²) in [7, 11) is -1.91. The van der Waals surface area contributed by atoms with Crippen LogP contribution < -0.4 is 4.72 Å². The molecular weight excluding hydrogens is 304 g/mol. The van der Waals surface area contributed by atoms with Gasteiger partial charge in [0.1, 0.15) is 0 Å². The number of anilines is 1. The van der Waals surface area contributed by atoms with Crippen molar-refractivity contribution in [3.05, 3.63) is 29.8 Å². The molecule has 0 saturated carbocycles. The summed E-state index contributed by atoms with van der Waals surface area (Å²) >= 11 is 3.34. The van der Waals surface area contributed by atoms with Crippen LogP contribution in [-0.4, -0.2) is 25.8 Å². The molecule has 0 radical (unpaired) electrons. The van der Waals surface area contributed by atoms with Gasteiger partial charge in [-0.15, -0.1) is 0 Å². The summed E-state index contributed by atoms with van der Waals surface area (Å²) < 4.78 is 27.7. The van der Waals surface area contributed by atoms with E-state index >= 15 is 0 Å². The Hall–Kier alpha value is -0.590. The minimum absolute atomic E-state index is 0.0770. The van der Waals surface area contributed by atoms with Gasteiger partial charge >= 0.3 is 10.2 Å². The maximum absolute atomic E-state index is 11.9. The van der Waals surface area contributed by atoms with Crippen molar-refractivity contribution in [2.75, 3.05) is 11.8 Å². The molecular formula is C11H17BrN2O2S. The van der Waals surface area contributed by atoms with Crippen molar-refractivity contribution >= 4 is 31.8 Å². The molecule has 4 nitrogen and oxygen atoms in total. The first-order chi connectivity index (χ1) is 7.86. The Balaban J connectivity index is 2.90. The van der Waals surface area contributed by atoms with Crippen molar-refractivity contribution in [1.29, 1.82) is 0 Å². The molecule has 0 aliphatic heterocycles. The second-order valence-electron chi connectivity index (χ2n) is 4.05. The van der Waals surface area contributed by atoms with E-state index in [4.69, 9.17) is 0 Å². The van der Waals surface area contributed by atoms with Crippen LogP contribution in [0, 0.1) is 0 Å². The van der Waals surface area contributed by atoms with Gasteiger partial charge in [-0.3, -0.25) is 4.72 Å². The highest BCUT2D eigenvalue weighted by atomic mass is 79.9. The van der Waals surface area contributed by atoms with Gasteiger partial charge in [-0.2, -0.15) is 12.7 Å². The highest BCUT2D eigenvalue weighted by molar-refractivity contribution is 9.08. The summed E-state index contributed by atoms with van der Waals surface area (Å²) in [5.41, 5.74) is 1.60. The van der Waals surface area contributed by atoms with E-state index in [-0.39, 0.29) is 6.04 Å². The number of alkyl halides is 1. The van der Waals surface area contributed by atoms with Crippen LogP contribution >= 0.6 is 15.9 Å². The maximum Gasteiger partial charge on any atom is 0.301 e. The second-order valence-corrected chi connectivity index (χ2v) is 6.34. The zero-order chi connectivity index (χ0) is 13.1. The van der Waals surface area contributed by atoms with E-state index in [0.717, 1.165) is 5.56 Å². The minimum atomic E-state index is -3.47. The van der Waals surface area contributed by atoms with Gasteiger partial charge < -0.3 is 0 Å². The third-order valence-corrected chi connectivity index (χ3v) is 4.76. The molecule has 17 heavy (non-hydrogen) atoms. The fraction of sp³-hybridized carbons (Fsp3) is 0.455. The minimum Gasteiger partial charge on any atom is -0.271 e. The molecule has 0 bridgehead atoms. The van der Waals surface area contributed by atoms with Crippen LogP contribution in [-0.2, 0) is 15.5 Å². The van der Waals surface area contributed by atoms with Crippen molar-refractivity contribution in [1.82, 2.24) is 4.31 Å². The van der Waals surface area contributed by atoms with Gasteiger partial charge in [0.2, 0.25) is 0 Å². The highest BCUT2D eigenvalue weighted by Gasteiger charge is 2.20. The fourth-order valence-corrected chi connectivity index (χ4v) is 2.69. The van der Waals surface area contributed by atoms with Gasteiger partial charge in [-0.25, -0.2) is 0 Å². The first-order valence-electron chi connectivity index (χ1n) is 5.27. The zero-order valence-electron chi connectivity index (χ0n) is 10.1. The standard InChI is InChI=1S/C11H17BrN2O2S/c1-9(2)14(3)17(15,16)13-11-6-4-5-10(7-11)8-12/h4-7,9,13H,8H2,1-3H3. The Morgan fingerprint density at radius 3 is 2.59 bits per heavy atom. The van der Waals surface area contributed by atoms with Gasteiger partial charge in [-0.1, -0.05) is 28.1 Å². The molecule has 0 unspecified atom stereocenters. The molecule has 0 aliphatic carbocycles. The van der Waals surface area contributed by atoms with E-state index < -0.39 is 10.2 Å². The number of hydrogen-bond acceptors (Lipinski definition) is 2. The molecule has 0 saturated heterocycles. The molecule has 1 rings (SSSR count). The Bertz CT molecular complexity index is 474. The number of hydrogen-bond donors (Lipinski definition) is 1. The lowest BCUT2D eigenvalue weighted by Crippen LogP contribution is -2.37. The van der Waals surface area contributed by atoms with Crippen molar-refractivity contribution in [3.63, 3.8) is 0 Å². The fourth-order valence-electron chi connectivity index (χ4n) is 1.22. The third-order valence-electron chi connectivity index (χ3n) is 2.43. The van der Waals surface area contributed by atoms with E-state index in [1.165, 1.54) is 4.31 Å².